The van der Waals surface area contributed by atoms with Crippen LogP contribution in [0, 0.1) is 0 Å². The number of ether oxygens (including phenoxy) is 2. The van der Waals surface area contributed by atoms with Gasteiger partial charge in [0.15, 0.2) is 11.6 Å². The Bertz CT molecular complexity index is 1910. The zero-order chi connectivity index (χ0) is 32.4. The standard InChI is InChI=1S/C35H25BO5.C6H6/c37-33-29-13-7-8-14-30(29)34(38)32-23-24(15-20-31(32)33)35(39)41-22-21-40-28-18-16-27(17-19-28)36(25-9-3-1-4-10-25)26-11-5-2-6-12-26;1-2-4-6-5-3-1/h1-20,23H,21-22H2;1-6H. The Hall–Kier alpha value is -6.01. The van der Waals surface area contributed by atoms with E-state index in [1.165, 1.54) is 29.1 Å². The van der Waals surface area contributed by atoms with Crippen LogP contribution in [0.4, 0.5) is 0 Å². The Balaban J connectivity index is 0.000000580. The topological polar surface area (TPSA) is 69.7 Å². The minimum absolute atomic E-state index is 0.0318. The summed E-state index contributed by atoms with van der Waals surface area (Å²) in [5.74, 6) is -0.424. The van der Waals surface area contributed by atoms with Gasteiger partial charge < -0.3 is 9.47 Å². The molecule has 0 atom stereocenters. The van der Waals surface area contributed by atoms with Gasteiger partial charge in [-0.15, -0.1) is 0 Å². The average molecular weight is 615 g/mol. The van der Waals surface area contributed by atoms with Crippen molar-refractivity contribution in [2.45, 2.75) is 0 Å². The van der Waals surface area contributed by atoms with Gasteiger partial charge in [0.2, 0.25) is 6.71 Å². The van der Waals surface area contributed by atoms with Gasteiger partial charge in [-0.3, -0.25) is 9.59 Å². The van der Waals surface area contributed by atoms with Crippen LogP contribution >= 0.6 is 0 Å². The number of carbonyl (C=O) groups is 3. The molecule has 0 saturated heterocycles. The molecule has 1 aliphatic carbocycles. The number of carbonyl (C=O) groups excluding carboxylic acids is 3. The summed E-state index contributed by atoms with van der Waals surface area (Å²) in [7, 11) is 0. The van der Waals surface area contributed by atoms with E-state index in [0.717, 1.165) is 5.46 Å². The summed E-state index contributed by atoms with van der Waals surface area (Å²) < 4.78 is 11.2. The summed E-state index contributed by atoms with van der Waals surface area (Å²) in [6, 6.07) is 51.8. The fourth-order valence-corrected chi connectivity index (χ4v) is 5.61. The third kappa shape index (κ3) is 7.29. The smallest absolute Gasteiger partial charge is 0.338 e. The second-order valence-corrected chi connectivity index (χ2v) is 10.9. The van der Waals surface area contributed by atoms with Crippen LogP contribution in [-0.2, 0) is 4.74 Å². The highest BCUT2D eigenvalue weighted by atomic mass is 16.6. The molecule has 0 bridgehead atoms. The van der Waals surface area contributed by atoms with Crippen molar-refractivity contribution in [2.75, 3.05) is 13.2 Å². The first-order chi connectivity index (χ1) is 23.1. The predicted molar refractivity (Wildman–Crippen MR) is 186 cm³/mol. The van der Waals surface area contributed by atoms with Crippen LogP contribution in [-0.4, -0.2) is 37.5 Å². The lowest BCUT2D eigenvalue weighted by atomic mass is 9.37. The van der Waals surface area contributed by atoms with Crippen molar-refractivity contribution in [3.05, 3.63) is 192 Å². The summed E-state index contributed by atoms with van der Waals surface area (Å²) in [5.41, 5.74) is 4.98. The number of ketones is 2. The van der Waals surface area contributed by atoms with Crippen LogP contribution in [0.3, 0.4) is 0 Å². The van der Waals surface area contributed by atoms with E-state index in [2.05, 4.69) is 36.4 Å². The zero-order valence-electron chi connectivity index (χ0n) is 25.6. The number of benzene rings is 6. The van der Waals surface area contributed by atoms with E-state index in [1.54, 1.807) is 24.3 Å². The van der Waals surface area contributed by atoms with Gasteiger partial charge in [-0.25, -0.2) is 4.79 Å². The van der Waals surface area contributed by atoms with Crippen molar-refractivity contribution in [1.82, 2.24) is 0 Å². The molecule has 0 amide bonds. The van der Waals surface area contributed by atoms with Crippen LogP contribution in [0.5, 0.6) is 5.75 Å². The van der Waals surface area contributed by atoms with E-state index in [-0.39, 0.29) is 42.6 Å². The Kier molecular flexibility index (Phi) is 9.79. The van der Waals surface area contributed by atoms with E-state index < -0.39 is 5.97 Å². The van der Waals surface area contributed by atoms with E-state index in [1.807, 2.05) is 84.9 Å². The van der Waals surface area contributed by atoms with Crippen molar-refractivity contribution in [1.29, 1.82) is 0 Å². The van der Waals surface area contributed by atoms with Crippen LogP contribution < -0.4 is 21.1 Å². The summed E-state index contributed by atoms with van der Waals surface area (Å²) >= 11 is 0. The van der Waals surface area contributed by atoms with Crippen molar-refractivity contribution in [3.8, 4) is 5.75 Å². The number of hydrogen-bond acceptors (Lipinski definition) is 5. The molecule has 1 aliphatic rings. The van der Waals surface area contributed by atoms with Gasteiger partial charge >= 0.3 is 5.97 Å². The lowest BCUT2D eigenvalue weighted by Crippen LogP contribution is -2.51. The molecule has 7 rings (SSSR count). The fourth-order valence-electron chi connectivity index (χ4n) is 5.61. The maximum atomic E-state index is 12.9. The van der Waals surface area contributed by atoms with E-state index in [9.17, 15) is 14.4 Å². The van der Waals surface area contributed by atoms with Gasteiger partial charge in [-0.2, -0.15) is 0 Å². The third-order valence-electron chi connectivity index (χ3n) is 7.89. The first kappa shape index (κ1) is 31.0. The summed E-state index contributed by atoms with van der Waals surface area (Å²) in [6.07, 6.45) is 0. The van der Waals surface area contributed by atoms with Gasteiger partial charge in [-0.05, 0) is 30.3 Å². The molecular weight excluding hydrogens is 583 g/mol. The van der Waals surface area contributed by atoms with Crippen molar-refractivity contribution in [2.24, 2.45) is 0 Å². The molecule has 6 aromatic carbocycles. The first-order valence-corrected chi connectivity index (χ1v) is 15.4. The van der Waals surface area contributed by atoms with Crippen LogP contribution in [0.2, 0.25) is 0 Å². The van der Waals surface area contributed by atoms with Gasteiger partial charge in [0, 0.05) is 22.3 Å². The van der Waals surface area contributed by atoms with Crippen LogP contribution in [0.25, 0.3) is 0 Å². The minimum Gasteiger partial charge on any atom is -0.490 e. The molecule has 0 saturated carbocycles. The fraction of sp³-hybridized carbons (Fsp3) is 0.0488. The highest BCUT2D eigenvalue weighted by molar-refractivity contribution is 6.95. The molecule has 6 aromatic rings. The number of fused-ring (bicyclic) bond motifs is 2. The van der Waals surface area contributed by atoms with E-state index in [4.69, 9.17) is 9.47 Å². The molecule has 0 heterocycles. The molecule has 228 valence electrons. The van der Waals surface area contributed by atoms with Crippen molar-refractivity contribution >= 4 is 40.6 Å². The van der Waals surface area contributed by atoms with Gasteiger partial charge in [0.1, 0.15) is 19.0 Å². The molecule has 0 unspecified atom stereocenters. The SMILES string of the molecule is O=C(OCCOc1ccc(B(c2ccccc2)c2ccccc2)cc1)c1ccc2c(c1)C(=O)c1ccccc1C2=O.c1ccccc1. The molecule has 6 heteroatoms. The monoisotopic (exact) mass is 614 g/mol. The summed E-state index contributed by atoms with van der Waals surface area (Å²) in [6.45, 7) is 0.297. The lowest BCUT2D eigenvalue weighted by molar-refractivity contribution is 0.0450. The molecule has 0 N–H and O–H groups in total. The van der Waals surface area contributed by atoms with E-state index >= 15 is 0 Å². The van der Waals surface area contributed by atoms with Gasteiger partial charge in [-0.1, -0.05) is 150 Å². The first-order valence-electron chi connectivity index (χ1n) is 15.4. The summed E-state index contributed by atoms with van der Waals surface area (Å²) in [4.78, 5) is 38.4. The zero-order valence-corrected chi connectivity index (χ0v) is 25.6. The van der Waals surface area contributed by atoms with Crippen molar-refractivity contribution in [3.63, 3.8) is 0 Å². The average Bonchev–Trinajstić information content (AvgIpc) is 3.14. The van der Waals surface area contributed by atoms with Crippen LogP contribution in [0.1, 0.15) is 42.2 Å². The molecular formula is C41H31BO5. The van der Waals surface area contributed by atoms with Gasteiger partial charge in [0.25, 0.3) is 0 Å². The van der Waals surface area contributed by atoms with Gasteiger partial charge in [0.05, 0.1) is 5.56 Å². The molecule has 47 heavy (non-hydrogen) atoms. The molecule has 5 nitrogen and oxygen atoms in total. The highest BCUT2D eigenvalue weighted by Crippen LogP contribution is 2.28. The van der Waals surface area contributed by atoms with Crippen LogP contribution in [0.15, 0.2) is 164 Å². The van der Waals surface area contributed by atoms with E-state index in [0.29, 0.717) is 22.4 Å². The Morgan fingerprint density at radius 3 is 1.47 bits per heavy atom. The number of esters is 1. The molecule has 0 aromatic heterocycles. The lowest BCUT2D eigenvalue weighted by Gasteiger charge is -2.17. The minimum atomic E-state index is -0.584. The quantitative estimate of drug-likeness (QED) is 0.121. The maximum absolute atomic E-state index is 12.9. The molecule has 0 fully saturated rings. The molecule has 0 radical (unpaired) electrons. The van der Waals surface area contributed by atoms with Crippen molar-refractivity contribution < 1.29 is 23.9 Å². The molecule has 0 spiro atoms. The second kappa shape index (κ2) is 14.9. The largest absolute Gasteiger partial charge is 0.490 e. The third-order valence-corrected chi connectivity index (χ3v) is 7.89. The number of hydrogen-bond donors (Lipinski definition) is 0. The Morgan fingerprint density at radius 1 is 0.468 bits per heavy atom. The highest BCUT2D eigenvalue weighted by Gasteiger charge is 2.30. The molecule has 0 aliphatic heterocycles. The Morgan fingerprint density at radius 2 is 0.915 bits per heavy atom. The second-order valence-electron chi connectivity index (χ2n) is 10.9. The Labute approximate surface area is 274 Å². The summed E-state index contributed by atoms with van der Waals surface area (Å²) in [5, 5.41) is 0. The normalized spacial score (nSPS) is 11.3. The number of rotatable bonds is 8. The maximum Gasteiger partial charge on any atom is 0.338 e. The predicted octanol–water partition coefficient (Wildman–Crippen LogP) is 5.90.